The van der Waals surface area contributed by atoms with Crippen molar-refractivity contribution >= 4 is 5.91 Å². The summed E-state index contributed by atoms with van der Waals surface area (Å²) in [5, 5.41) is 0. The van der Waals surface area contributed by atoms with Gasteiger partial charge in [0.05, 0.1) is 0 Å². The van der Waals surface area contributed by atoms with E-state index < -0.39 is 0 Å². The highest BCUT2D eigenvalue weighted by atomic mass is 16.2. The first kappa shape index (κ1) is 16.0. The molecule has 0 aromatic heterocycles. The highest BCUT2D eigenvalue weighted by Gasteiger charge is 2.23. The molecule has 0 bridgehead atoms. The Morgan fingerprint density at radius 3 is 2.71 bits per heavy atom. The molecular formula is C17H27N3O. The summed E-state index contributed by atoms with van der Waals surface area (Å²) in [4.78, 5) is 14.2. The van der Waals surface area contributed by atoms with Crippen molar-refractivity contribution < 1.29 is 4.79 Å². The number of carbonyl (C=O) groups is 1. The zero-order chi connectivity index (χ0) is 15.2. The summed E-state index contributed by atoms with van der Waals surface area (Å²) < 4.78 is 0. The fraction of sp³-hybridized carbons (Fsp3) is 0.588. The van der Waals surface area contributed by atoms with Crippen LogP contribution in [0.3, 0.4) is 0 Å². The average Bonchev–Trinajstić information content (AvgIpc) is 3.00. The second-order valence-electron chi connectivity index (χ2n) is 6.44. The number of nitrogens with one attached hydrogen (secondary N) is 1. The molecule has 1 aliphatic rings. The highest BCUT2D eigenvalue weighted by Crippen LogP contribution is 2.26. The maximum Gasteiger partial charge on any atom is 0.265 e. The van der Waals surface area contributed by atoms with Gasteiger partial charge in [0.15, 0.2) is 0 Å². The third-order valence-electron chi connectivity index (χ3n) is 4.15. The van der Waals surface area contributed by atoms with Gasteiger partial charge in [-0.2, -0.15) is 0 Å². The third-order valence-corrected chi connectivity index (χ3v) is 4.15. The van der Waals surface area contributed by atoms with E-state index in [1.807, 2.05) is 12.1 Å². The van der Waals surface area contributed by atoms with Gasteiger partial charge in [-0.25, -0.2) is 5.84 Å². The first-order chi connectivity index (χ1) is 10.1. The maximum atomic E-state index is 11.6. The Morgan fingerprint density at radius 2 is 2.10 bits per heavy atom. The molecule has 0 saturated heterocycles. The number of hydrazine groups is 1. The summed E-state index contributed by atoms with van der Waals surface area (Å²) >= 11 is 0. The van der Waals surface area contributed by atoms with Gasteiger partial charge in [-0.1, -0.05) is 38.8 Å². The lowest BCUT2D eigenvalue weighted by atomic mass is 10.1. The van der Waals surface area contributed by atoms with Crippen LogP contribution in [0.15, 0.2) is 24.3 Å². The molecule has 2 rings (SSSR count). The number of nitrogens with zero attached hydrogens (tertiary/aromatic N) is 1. The van der Waals surface area contributed by atoms with E-state index >= 15 is 0 Å². The molecule has 0 radical (unpaired) electrons. The number of carbonyl (C=O) groups excluding carboxylic acids is 1. The Kier molecular flexibility index (Phi) is 5.76. The number of hydrogen-bond acceptors (Lipinski definition) is 3. The summed E-state index contributed by atoms with van der Waals surface area (Å²) in [7, 11) is 0. The van der Waals surface area contributed by atoms with E-state index in [-0.39, 0.29) is 5.91 Å². The molecule has 1 saturated carbocycles. The van der Waals surface area contributed by atoms with Gasteiger partial charge in [-0.15, -0.1) is 0 Å². The third kappa shape index (κ3) is 4.55. The quantitative estimate of drug-likeness (QED) is 0.481. The van der Waals surface area contributed by atoms with Gasteiger partial charge < -0.3 is 0 Å². The Hall–Kier alpha value is -1.39. The minimum Gasteiger partial charge on any atom is -0.296 e. The van der Waals surface area contributed by atoms with Gasteiger partial charge >= 0.3 is 0 Å². The van der Waals surface area contributed by atoms with E-state index in [1.54, 1.807) is 6.07 Å². The molecule has 4 nitrogen and oxygen atoms in total. The molecule has 0 spiro atoms. The smallest absolute Gasteiger partial charge is 0.265 e. The zero-order valence-electron chi connectivity index (χ0n) is 13.1. The summed E-state index contributed by atoms with van der Waals surface area (Å²) in [5.74, 6) is 5.64. The second kappa shape index (κ2) is 7.57. The molecule has 0 unspecified atom stereocenters. The molecule has 1 aliphatic carbocycles. The highest BCUT2D eigenvalue weighted by molar-refractivity contribution is 5.93. The van der Waals surface area contributed by atoms with E-state index in [4.69, 9.17) is 5.84 Å². The number of nitrogen functional groups attached to an aromatic ring is 1. The standard InChI is InChI=1S/C17H27N3O/c1-13(2)11-20(16-8-3-4-9-16)12-14-6-5-7-15(10-14)17(21)19-18/h5-7,10,13,16H,3-4,8-9,11-12,18H2,1-2H3,(H,19,21). The molecule has 1 aromatic rings. The van der Waals surface area contributed by atoms with Crippen LogP contribution in [0.4, 0.5) is 0 Å². The molecule has 4 heteroatoms. The summed E-state index contributed by atoms with van der Waals surface area (Å²) in [6, 6.07) is 8.47. The van der Waals surface area contributed by atoms with Crippen molar-refractivity contribution in [1.29, 1.82) is 0 Å². The van der Waals surface area contributed by atoms with Crippen molar-refractivity contribution in [3.05, 3.63) is 35.4 Å². The SMILES string of the molecule is CC(C)CN(Cc1cccc(C(=O)NN)c1)C1CCCC1. The van der Waals surface area contributed by atoms with Crippen LogP contribution in [-0.2, 0) is 6.54 Å². The largest absolute Gasteiger partial charge is 0.296 e. The first-order valence-electron chi connectivity index (χ1n) is 7.94. The van der Waals surface area contributed by atoms with E-state index in [2.05, 4.69) is 30.2 Å². The number of amides is 1. The van der Waals surface area contributed by atoms with Crippen molar-refractivity contribution in [3.63, 3.8) is 0 Å². The molecule has 3 N–H and O–H groups in total. The Balaban J connectivity index is 2.10. The molecule has 0 aliphatic heterocycles. The fourth-order valence-electron chi connectivity index (χ4n) is 3.21. The minimum absolute atomic E-state index is 0.229. The summed E-state index contributed by atoms with van der Waals surface area (Å²) in [5.41, 5.74) is 4.01. The van der Waals surface area contributed by atoms with Gasteiger partial charge in [0.2, 0.25) is 0 Å². The predicted molar refractivity (Wildman–Crippen MR) is 85.6 cm³/mol. The van der Waals surface area contributed by atoms with Crippen LogP contribution in [0.2, 0.25) is 0 Å². The minimum atomic E-state index is -0.229. The Morgan fingerprint density at radius 1 is 1.38 bits per heavy atom. The zero-order valence-corrected chi connectivity index (χ0v) is 13.1. The van der Waals surface area contributed by atoms with Gasteiger partial charge in [0.1, 0.15) is 0 Å². The number of hydrogen-bond donors (Lipinski definition) is 2. The van der Waals surface area contributed by atoms with Crippen LogP contribution >= 0.6 is 0 Å². The lowest BCUT2D eigenvalue weighted by Crippen LogP contribution is -2.35. The average molecular weight is 289 g/mol. The van der Waals surface area contributed by atoms with E-state index in [0.717, 1.165) is 13.1 Å². The van der Waals surface area contributed by atoms with Crippen LogP contribution in [0.5, 0.6) is 0 Å². The Bertz CT molecular complexity index is 467. The monoisotopic (exact) mass is 289 g/mol. The number of rotatable bonds is 6. The maximum absolute atomic E-state index is 11.6. The lowest BCUT2D eigenvalue weighted by Gasteiger charge is -2.30. The van der Waals surface area contributed by atoms with Crippen LogP contribution in [0.25, 0.3) is 0 Å². The van der Waals surface area contributed by atoms with E-state index in [1.165, 1.54) is 31.2 Å². The fourth-order valence-corrected chi connectivity index (χ4v) is 3.21. The van der Waals surface area contributed by atoms with Crippen molar-refractivity contribution in [3.8, 4) is 0 Å². The van der Waals surface area contributed by atoms with Crippen LogP contribution in [0.1, 0.15) is 55.5 Å². The lowest BCUT2D eigenvalue weighted by molar-refractivity contribution is 0.0953. The topological polar surface area (TPSA) is 58.4 Å². The number of benzene rings is 1. The van der Waals surface area contributed by atoms with Gasteiger partial charge in [-0.3, -0.25) is 15.1 Å². The van der Waals surface area contributed by atoms with Gasteiger partial charge in [-0.05, 0) is 36.5 Å². The van der Waals surface area contributed by atoms with Crippen LogP contribution in [0, 0.1) is 5.92 Å². The molecule has 0 heterocycles. The molecule has 0 atom stereocenters. The predicted octanol–water partition coefficient (Wildman–Crippen LogP) is 2.69. The normalized spacial score (nSPS) is 15.9. The number of nitrogens with two attached hydrogens (primary N) is 1. The molecule has 21 heavy (non-hydrogen) atoms. The van der Waals surface area contributed by atoms with Crippen LogP contribution in [-0.4, -0.2) is 23.4 Å². The van der Waals surface area contributed by atoms with Crippen molar-refractivity contribution in [2.45, 2.75) is 52.1 Å². The molecule has 1 amide bonds. The van der Waals surface area contributed by atoms with Crippen LogP contribution < -0.4 is 11.3 Å². The molecule has 1 aromatic carbocycles. The van der Waals surface area contributed by atoms with Crippen molar-refractivity contribution in [2.24, 2.45) is 11.8 Å². The second-order valence-corrected chi connectivity index (χ2v) is 6.44. The Labute approximate surface area is 127 Å². The molecular weight excluding hydrogens is 262 g/mol. The van der Waals surface area contributed by atoms with Gasteiger partial charge in [0, 0.05) is 24.7 Å². The summed E-state index contributed by atoms with van der Waals surface area (Å²) in [6.07, 6.45) is 5.29. The first-order valence-corrected chi connectivity index (χ1v) is 7.94. The van der Waals surface area contributed by atoms with Crippen molar-refractivity contribution in [1.82, 2.24) is 10.3 Å². The van der Waals surface area contributed by atoms with Gasteiger partial charge in [0.25, 0.3) is 5.91 Å². The van der Waals surface area contributed by atoms with Crippen molar-refractivity contribution in [2.75, 3.05) is 6.54 Å². The summed E-state index contributed by atoms with van der Waals surface area (Å²) in [6.45, 7) is 6.55. The molecule has 116 valence electrons. The molecule has 1 fully saturated rings. The van der Waals surface area contributed by atoms with E-state index in [9.17, 15) is 4.79 Å². The van der Waals surface area contributed by atoms with E-state index in [0.29, 0.717) is 17.5 Å².